The fourth-order valence-corrected chi connectivity index (χ4v) is 1.39. The molecule has 0 atom stereocenters. The van der Waals surface area contributed by atoms with Gasteiger partial charge in [-0.05, 0) is 19.4 Å². The van der Waals surface area contributed by atoms with Crippen LogP contribution in [0.1, 0.15) is 76.2 Å². The quantitative estimate of drug-likeness (QED) is 0.285. The summed E-state index contributed by atoms with van der Waals surface area (Å²) < 4.78 is 7.49. The largest absolute Gasteiger partial charge is 0.425 e. The van der Waals surface area contributed by atoms with E-state index < -0.39 is 0 Å². The van der Waals surface area contributed by atoms with Gasteiger partial charge in [0.05, 0.1) is 19.1 Å². The zero-order valence-corrected chi connectivity index (χ0v) is 20.2. The minimum absolute atomic E-state index is 0.502. The summed E-state index contributed by atoms with van der Waals surface area (Å²) in [6.07, 6.45) is 8.70. The molecule has 1 aromatic heterocycles. The van der Waals surface area contributed by atoms with Crippen molar-refractivity contribution in [2.45, 2.75) is 82.7 Å². The number of allylic oxidation sites excluding steroid dienone is 4. The van der Waals surface area contributed by atoms with Crippen molar-refractivity contribution in [3.63, 3.8) is 0 Å². The van der Waals surface area contributed by atoms with E-state index in [1.165, 1.54) is 0 Å². The van der Waals surface area contributed by atoms with Crippen LogP contribution < -0.4 is 4.74 Å². The van der Waals surface area contributed by atoms with Gasteiger partial charge < -0.3 is 4.74 Å². The van der Waals surface area contributed by atoms with Gasteiger partial charge in [-0.25, -0.2) is 9.98 Å². The van der Waals surface area contributed by atoms with E-state index in [2.05, 4.69) is 16.6 Å². The molecule has 0 saturated heterocycles. The van der Waals surface area contributed by atoms with E-state index in [1.807, 2.05) is 79.0 Å². The molecule has 0 unspecified atom stereocenters. The first-order valence-electron chi connectivity index (χ1n) is 9.89. The lowest BCUT2D eigenvalue weighted by Crippen LogP contribution is -2.08. The number of ether oxygens (including phenoxy) is 1. The molecule has 0 radical (unpaired) electrons. The number of aliphatic imine (C=N–C) groups is 1. The molecule has 4 nitrogen and oxygen atoms in total. The highest BCUT2D eigenvalue weighted by Crippen LogP contribution is 2.13. The third-order valence-corrected chi connectivity index (χ3v) is 2.43. The molecule has 1 aromatic rings. The first-order chi connectivity index (χ1) is 13.1. The molecule has 1 rings (SSSR count). The maximum Gasteiger partial charge on any atom is 0.221 e. The predicted octanol–water partition coefficient (Wildman–Crippen LogP) is 8.02. The average Bonchev–Trinajstić information content (AvgIpc) is 3.17. The van der Waals surface area contributed by atoms with Crippen LogP contribution in [0.4, 0.5) is 0 Å². The van der Waals surface area contributed by atoms with Crippen LogP contribution in [-0.2, 0) is 6.54 Å². The van der Waals surface area contributed by atoms with E-state index in [4.69, 9.17) is 16.3 Å². The molecule has 0 bridgehead atoms. The highest BCUT2D eigenvalue weighted by molar-refractivity contribution is 6.29. The van der Waals surface area contributed by atoms with Crippen LogP contribution in [-0.4, -0.2) is 15.4 Å². The molecule has 0 spiro atoms. The van der Waals surface area contributed by atoms with Crippen molar-refractivity contribution >= 4 is 17.5 Å². The topological polar surface area (TPSA) is 39.4 Å². The monoisotopic (exact) mass is 399 g/mol. The molecular formula is C22H42ClN3O. The normalized spacial score (nSPS) is 10.4. The van der Waals surface area contributed by atoms with E-state index >= 15 is 0 Å². The number of hydrogen-bond donors (Lipinski definition) is 0. The number of aromatic nitrogens is 2. The van der Waals surface area contributed by atoms with Crippen LogP contribution in [0.15, 0.2) is 53.1 Å². The van der Waals surface area contributed by atoms with Crippen LogP contribution >= 0.6 is 11.6 Å². The van der Waals surface area contributed by atoms with Gasteiger partial charge in [0.2, 0.25) is 5.88 Å². The molecule has 0 fully saturated rings. The van der Waals surface area contributed by atoms with Crippen molar-refractivity contribution in [1.82, 2.24) is 9.55 Å². The van der Waals surface area contributed by atoms with Gasteiger partial charge in [0.1, 0.15) is 0 Å². The van der Waals surface area contributed by atoms with Gasteiger partial charge in [-0.2, -0.15) is 0 Å². The zero-order chi connectivity index (χ0) is 22.3. The molecule has 158 valence electrons. The van der Waals surface area contributed by atoms with Crippen LogP contribution in [0.25, 0.3) is 0 Å². The Kier molecular flexibility index (Phi) is 32.1. The summed E-state index contributed by atoms with van der Waals surface area (Å²) in [6.45, 7) is 25.9. The molecule has 0 aliphatic heterocycles. The maximum atomic E-state index is 5.70. The second kappa shape index (κ2) is 26.4. The molecule has 27 heavy (non-hydrogen) atoms. The van der Waals surface area contributed by atoms with Crippen LogP contribution in [0, 0.1) is 0 Å². The molecule has 0 aliphatic carbocycles. The lowest BCUT2D eigenvalue weighted by Gasteiger charge is -2.09. The van der Waals surface area contributed by atoms with Gasteiger partial charge in [-0.3, -0.25) is 4.57 Å². The van der Waals surface area contributed by atoms with Gasteiger partial charge >= 0.3 is 0 Å². The summed E-state index contributed by atoms with van der Waals surface area (Å²) in [4.78, 5) is 8.16. The summed E-state index contributed by atoms with van der Waals surface area (Å²) in [5.74, 6) is 1.13. The van der Waals surface area contributed by atoms with Crippen LogP contribution in [0.5, 0.6) is 5.88 Å². The van der Waals surface area contributed by atoms with E-state index in [-0.39, 0.29) is 0 Å². The number of nitrogens with zero attached hydrogens (tertiary/aromatic N) is 3. The molecule has 0 N–H and O–H groups in total. The lowest BCUT2D eigenvalue weighted by atomic mass is 10.2. The molecule has 1 heterocycles. The van der Waals surface area contributed by atoms with Crippen molar-refractivity contribution in [2.24, 2.45) is 4.99 Å². The van der Waals surface area contributed by atoms with Crippen molar-refractivity contribution in [3.05, 3.63) is 48.1 Å². The average molecular weight is 400 g/mol. The Morgan fingerprint density at radius 3 is 2.07 bits per heavy atom. The first-order valence-corrected chi connectivity index (χ1v) is 10.3. The fourth-order valence-electron chi connectivity index (χ4n) is 1.34. The second-order valence-corrected chi connectivity index (χ2v) is 4.49. The zero-order valence-electron chi connectivity index (χ0n) is 19.4. The summed E-state index contributed by atoms with van der Waals surface area (Å²) >= 11 is 5.70. The third kappa shape index (κ3) is 18.8. The Morgan fingerprint density at radius 1 is 1.15 bits per heavy atom. The Morgan fingerprint density at radius 2 is 1.67 bits per heavy atom. The number of halogens is 1. The van der Waals surface area contributed by atoms with Crippen molar-refractivity contribution in [2.75, 3.05) is 0 Å². The minimum Gasteiger partial charge on any atom is -0.425 e. The minimum atomic E-state index is 0.502. The molecule has 0 aromatic carbocycles. The first kappa shape index (κ1) is 32.8. The number of hydrogen-bond acceptors (Lipinski definition) is 3. The fraction of sp³-hybridized carbons (Fsp3) is 0.545. The SMILES string of the molecule is C=C/C(=C\C)Cn1cncc1OC(C)=N/C=C(\C)Cl.CC.CC.CC.CC. The molecule has 5 heteroatoms. The Bertz CT molecular complexity index is 525. The third-order valence-electron chi connectivity index (χ3n) is 2.34. The summed E-state index contributed by atoms with van der Waals surface area (Å²) in [5, 5.41) is 0.597. The van der Waals surface area contributed by atoms with Crippen molar-refractivity contribution < 1.29 is 4.74 Å². The van der Waals surface area contributed by atoms with E-state index in [9.17, 15) is 0 Å². The smallest absolute Gasteiger partial charge is 0.221 e. The Hall–Kier alpha value is -1.81. The number of imidazole rings is 1. The van der Waals surface area contributed by atoms with Crippen LogP contribution in [0.3, 0.4) is 0 Å². The van der Waals surface area contributed by atoms with Gasteiger partial charge in [-0.1, -0.05) is 85.7 Å². The maximum absolute atomic E-state index is 5.70. The molecular weight excluding hydrogens is 358 g/mol. The molecule has 0 aliphatic rings. The van der Waals surface area contributed by atoms with E-state index in [0.717, 1.165) is 5.57 Å². The highest BCUT2D eigenvalue weighted by atomic mass is 35.5. The van der Waals surface area contributed by atoms with E-state index in [1.54, 1.807) is 32.6 Å². The second-order valence-electron chi connectivity index (χ2n) is 3.89. The van der Waals surface area contributed by atoms with E-state index in [0.29, 0.717) is 23.4 Å². The lowest BCUT2D eigenvalue weighted by molar-refractivity contribution is 0.488. The molecule has 0 amide bonds. The highest BCUT2D eigenvalue weighted by Gasteiger charge is 2.05. The summed E-state index contributed by atoms with van der Waals surface area (Å²) in [5.41, 5.74) is 1.09. The standard InChI is InChI=1S/C14H18ClN3O.4C2H6/c1-5-13(6-2)9-18-10-16-8-14(18)19-12(4)17-7-11(3)15;4*1-2/h5-8,10H,1,9H2,2-4H3;4*1-2H3/b11-7+,13-6+,17-12?;;;;. The van der Waals surface area contributed by atoms with Crippen molar-refractivity contribution in [3.8, 4) is 5.88 Å². The van der Waals surface area contributed by atoms with Gasteiger partial charge in [0, 0.05) is 18.2 Å². The Balaban J connectivity index is -0.000000292. The summed E-state index contributed by atoms with van der Waals surface area (Å²) in [7, 11) is 0. The van der Waals surface area contributed by atoms with Crippen molar-refractivity contribution in [1.29, 1.82) is 0 Å². The predicted molar refractivity (Wildman–Crippen MR) is 125 cm³/mol. The molecule has 0 saturated carbocycles. The Labute approximate surface area is 173 Å². The van der Waals surface area contributed by atoms with Crippen LogP contribution in [0.2, 0.25) is 0 Å². The summed E-state index contributed by atoms with van der Waals surface area (Å²) in [6, 6.07) is 0. The van der Waals surface area contributed by atoms with Gasteiger partial charge in [0.15, 0.2) is 5.90 Å². The van der Waals surface area contributed by atoms with Gasteiger partial charge in [0.25, 0.3) is 0 Å². The number of rotatable bonds is 5. The van der Waals surface area contributed by atoms with Gasteiger partial charge in [-0.15, -0.1) is 0 Å².